The highest BCUT2D eigenvalue weighted by molar-refractivity contribution is 7.10. The number of nitrogens with one attached hydrogen (secondary N) is 1. The maximum absolute atomic E-state index is 13.5. The summed E-state index contributed by atoms with van der Waals surface area (Å²) in [4.78, 5) is 28.0. The third-order valence-corrected chi connectivity index (χ3v) is 7.29. The number of aryl methyl sites for hydroxylation is 1. The van der Waals surface area contributed by atoms with Gasteiger partial charge in [0.1, 0.15) is 18.1 Å². The highest BCUT2D eigenvalue weighted by Gasteiger charge is 2.43. The summed E-state index contributed by atoms with van der Waals surface area (Å²) in [5.74, 6) is 0.498. The third kappa shape index (κ3) is 4.18. The number of benzene rings is 1. The predicted octanol–water partition coefficient (Wildman–Crippen LogP) is 5.75. The molecule has 1 aliphatic carbocycles. The van der Waals surface area contributed by atoms with Crippen LogP contribution in [0.15, 0.2) is 86.9 Å². The number of hydrogen-bond donors (Lipinski definition) is 1. The minimum atomic E-state index is -0.574. The average Bonchev–Trinajstić information content (AvgIpc) is 3.49. The molecule has 0 saturated carbocycles. The number of allylic oxidation sites excluding steroid dienone is 3. The summed E-state index contributed by atoms with van der Waals surface area (Å²) < 4.78 is 11.6. The van der Waals surface area contributed by atoms with E-state index in [9.17, 15) is 9.59 Å². The number of dihydropyridines is 1. The van der Waals surface area contributed by atoms with E-state index in [0.29, 0.717) is 29.0 Å². The van der Waals surface area contributed by atoms with Crippen molar-refractivity contribution >= 4 is 23.1 Å². The van der Waals surface area contributed by atoms with E-state index >= 15 is 0 Å². The minimum Gasteiger partial charge on any atom is -0.465 e. The van der Waals surface area contributed by atoms with Gasteiger partial charge >= 0.3 is 5.97 Å². The van der Waals surface area contributed by atoms with Gasteiger partial charge in [0.05, 0.1) is 11.5 Å². The van der Waals surface area contributed by atoms with Gasteiger partial charge < -0.3 is 14.5 Å². The molecule has 6 heteroatoms. The van der Waals surface area contributed by atoms with Gasteiger partial charge in [0.15, 0.2) is 5.78 Å². The lowest BCUT2D eigenvalue weighted by Gasteiger charge is -2.35. The number of esters is 1. The summed E-state index contributed by atoms with van der Waals surface area (Å²) in [6, 6.07) is 17.4. The Balaban J connectivity index is 1.50. The first-order valence-electron chi connectivity index (χ1n) is 11.1. The van der Waals surface area contributed by atoms with Crippen molar-refractivity contribution in [2.75, 3.05) is 0 Å². The summed E-state index contributed by atoms with van der Waals surface area (Å²) in [7, 11) is 0. The zero-order valence-corrected chi connectivity index (χ0v) is 19.4. The van der Waals surface area contributed by atoms with Gasteiger partial charge in [-0.1, -0.05) is 36.4 Å². The fourth-order valence-corrected chi connectivity index (χ4v) is 5.56. The molecule has 0 bridgehead atoms. The number of rotatable bonds is 5. The average molecular weight is 460 g/mol. The molecule has 2 aromatic heterocycles. The van der Waals surface area contributed by atoms with Crippen molar-refractivity contribution in [3.05, 3.63) is 104 Å². The van der Waals surface area contributed by atoms with Crippen molar-refractivity contribution in [2.24, 2.45) is 0 Å². The van der Waals surface area contributed by atoms with Crippen LogP contribution in [-0.2, 0) is 20.9 Å². The summed E-state index contributed by atoms with van der Waals surface area (Å²) in [6.45, 7) is 3.89. The molecule has 2 aliphatic rings. The first kappa shape index (κ1) is 21.5. The molecule has 0 amide bonds. The van der Waals surface area contributed by atoms with Crippen molar-refractivity contribution in [3.63, 3.8) is 0 Å². The molecule has 3 aromatic rings. The van der Waals surface area contributed by atoms with E-state index in [1.165, 1.54) is 4.88 Å². The van der Waals surface area contributed by atoms with Gasteiger partial charge in [0.2, 0.25) is 0 Å². The molecular weight excluding hydrogens is 434 g/mol. The molecule has 168 valence electrons. The van der Waals surface area contributed by atoms with Crippen LogP contribution in [0.4, 0.5) is 0 Å². The monoisotopic (exact) mass is 459 g/mol. The highest BCUT2D eigenvalue weighted by Crippen LogP contribution is 2.46. The van der Waals surface area contributed by atoms with Gasteiger partial charge in [-0.15, -0.1) is 11.3 Å². The first-order valence-corrected chi connectivity index (χ1v) is 11.9. The van der Waals surface area contributed by atoms with Crippen molar-refractivity contribution in [1.29, 1.82) is 0 Å². The topological polar surface area (TPSA) is 68.5 Å². The Morgan fingerprint density at radius 1 is 1.09 bits per heavy atom. The molecule has 1 aromatic carbocycles. The molecule has 0 saturated heterocycles. The maximum atomic E-state index is 13.5. The van der Waals surface area contributed by atoms with Crippen molar-refractivity contribution in [2.45, 2.75) is 45.1 Å². The molecule has 0 radical (unpaired) electrons. The summed E-state index contributed by atoms with van der Waals surface area (Å²) in [5.41, 5.74) is 3.54. The number of furan rings is 1. The molecule has 0 unspecified atom stereocenters. The van der Waals surface area contributed by atoms with Gasteiger partial charge in [-0.3, -0.25) is 4.79 Å². The lowest BCUT2D eigenvalue weighted by atomic mass is 9.74. The van der Waals surface area contributed by atoms with Crippen molar-refractivity contribution in [1.82, 2.24) is 5.32 Å². The zero-order valence-electron chi connectivity index (χ0n) is 18.6. The number of Topliss-reactive ketones (excluding diaryl/α,β-unsaturated/α-hetero) is 1. The molecule has 33 heavy (non-hydrogen) atoms. The summed E-state index contributed by atoms with van der Waals surface area (Å²) in [5, 5.41) is 5.42. The van der Waals surface area contributed by atoms with Gasteiger partial charge in [0.25, 0.3) is 0 Å². The zero-order chi connectivity index (χ0) is 22.9. The normalized spacial score (nSPS) is 20.5. The van der Waals surface area contributed by atoms with Crippen LogP contribution < -0.4 is 5.32 Å². The molecule has 3 heterocycles. The number of hydrogen-bond acceptors (Lipinski definition) is 6. The van der Waals surface area contributed by atoms with Crippen LogP contribution in [0.2, 0.25) is 0 Å². The molecule has 5 rings (SSSR count). The SMILES string of the molecule is CC1=C(C(=O)OCc2ccccc2)[C@@H](c2ccc(C)o2)C2=C(C[C@H](c3cccs3)CC2=O)N1. The first-order chi connectivity index (χ1) is 16.0. The van der Waals surface area contributed by atoms with Crippen LogP contribution in [0, 0.1) is 6.92 Å². The number of carbonyl (C=O) groups is 2. The molecule has 2 atom stereocenters. The molecule has 1 aliphatic heterocycles. The van der Waals surface area contributed by atoms with Gasteiger partial charge in [-0.25, -0.2) is 4.79 Å². The van der Waals surface area contributed by atoms with Crippen LogP contribution in [0.5, 0.6) is 0 Å². The van der Waals surface area contributed by atoms with Crippen LogP contribution >= 0.6 is 11.3 Å². The van der Waals surface area contributed by atoms with E-state index in [-0.39, 0.29) is 18.3 Å². The van der Waals surface area contributed by atoms with E-state index in [0.717, 1.165) is 23.4 Å². The van der Waals surface area contributed by atoms with E-state index < -0.39 is 11.9 Å². The number of ether oxygens (including phenoxy) is 1. The highest BCUT2D eigenvalue weighted by atomic mass is 32.1. The lowest BCUT2D eigenvalue weighted by Crippen LogP contribution is -2.35. The predicted molar refractivity (Wildman–Crippen MR) is 127 cm³/mol. The molecule has 0 spiro atoms. The van der Waals surface area contributed by atoms with E-state index in [1.807, 2.05) is 67.8 Å². The molecule has 0 fully saturated rings. The van der Waals surface area contributed by atoms with Crippen LogP contribution in [-0.4, -0.2) is 11.8 Å². The molecular formula is C27H25NO4S. The fraction of sp³-hybridized carbons (Fsp3) is 0.259. The second-order valence-electron chi connectivity index (χ2n) is 8.54. The number of ketones is 1. The Morgan fingerprint density at radius 3 is 2.61 bits per heavy atom. The fourth-order valence-electron chi connectivity index (χ4n) is 4.73. The lowest BCUT2D eigenvalue weighted by molar-refractivity contribution is -0.140. The third-order valence-electron chi connectivity index (χ3n) is 6.25. The second kappa shape index (κ2) is 8.87. The van der Waals surface area contributed by atoms with Crippen LogP contribution in [0.25, 0.3) is 0 Å². The Morgan fingerprint density at radius 2 is 1.91 bits per heavy atom. The Kier molecular flexibility index (Phi) is 5.77. The summed E-state index contributed by atoms with van der Waals surface area (Å²) in [6.07, 6.45) is 1.14. The Bertz CT molecular complexity index is 1250. The second-order valence-corrected chi connectivity index (χ2v) is 9.52. The van der Waals surface area contributed by atoms with Gasteiger partial charge in [-0.05, 0) is 49.4 Å². The molecule has 1 N–H and O–H groups in total. The van der Waals surface area contributed by atoms with Crippen molar-refractivity contribution < 1.29 is 18.7 Å². The van der Waals surface area contributed by atoms with Crippen molar-refractivity contribution in [3.8, 4) is 0 Å². The van der Waals surface area contributed by atoms with E-state index in [4.69, 9.17) is 9.15 Å². The van der Waals surface area contributed by atoms with Gasteiger partial charge in [-0.2, -0.15) is 0 Å². The standard InChI is InChI=1S/C27H25NO4S/c1-16-10-11-22(32-16)26-24(27(30)31-15-18-7-4-3-5-8-18)17(2)28-20-13-19(14-21(29)25(20)26)23-9-6-12-33-23/h3-12,19,26,28H,13-15H2,1-2H3/t19-,26+/m0/s1. The van der Waals surface area contributed by atoms with Crippen LogP contribution in [0.1, 0.15) is 53.6 Å². The van der Waals surface area contributed by atoms with Crippen LogP contribution in [0.3, 0.4) is 0 Å². The Hall–Kier alpha value is -3.38. The quantitative estimate of drug-likeness (QED) is 0.492. The largest absolute Gasteiger partial charge is 0.465 e. The smallest absolute Gasteiger partial charge is 0.337 e. The number of thiophene rings is 1. The minimum absolute atomic E-state index is 0.0436. The van der Waals surface area contributed by atoms with Gasteiger partial charge in [0, 0.05) is 34.2 Å². The van der Waals surface area contributed by atoms with E-state index in [2.05, 4.69) is 11.4 Å². The molecule has 5 nitrogen and oxygen atoms in total. The Labute approximate surface area is 196 Å². The number of carbonyl (C=O) groups excluding carboxylic acids is 2. The maximum Gasteiger partial charge on any atom is 0.337 e. The summed E-state index contributed by atoms with van der Waals surface area (Å²) >= 11 is 1.67. The van der Waals surface area contributed by atoms with E-state index in [1.54, 1.807) is 11.3 Å².